The molecular weight excluding hydrogens is 472 g/mol. The summed E-state index contributed by atoms with van der Waals surface area (Å²) in [6.07, 6.45) is 4.32. The molecule has 0 unspecified atom stereocenters. The first-order valence-corrected chi connectivity index (χ1v) is 11.4. The average Bonchev–Trinajstić information content (AvgIpc) is 2.94. The molecule has 0 atom stereocenters. The molecule has 0 aliphatic carbocycles. The smallest absolute Gasteiger partial charge is 0.341 e. The Balaban J connectivity index is 1.53. The van der Waals surface area contributed by atoms with Gasteiger partial charge in [-0.05, 0) is 47.0 Å². The molecule has 3 aromatic rings. The zero-order valence-electron chi connectivity index (χ0n) is 20.1. The second-order valence-electron chi connectivity index (χ2n) is 7.74. The van der Waals surface area contributed by atoms with Crippen molar-refractivity contribution in [3.05, 3.63) is 115 Å². The lowest BCUT2D eigenvalue weighted by Gasteiger charge is -2.07. The fourth-order valence-corrected chi connectivity index (χ4v) is 3.09. The van der Waals surface area contributed by atoms with E-state index in [-0.39, 0.29) is 24.6 Å². The molecule has 0 heterocycles. The summed E-state index contributed by atoms with van der Waals surface area (Å²) in [5.74, 6) is -0.352. The number of aliphatic hydroxyl groups excluding tert-OH is 1. The first-order valence-electron chi connectivity index (χ1n) is 11.4. The molecule has 0 bridgehead atoms. The summed E-state index contributed by atoms with van der Waals surface area (Å²) in [5, 5.41) is 8.94. The standard InChI is InChI=1S/C30H26O7/c1-3-29(33)36-19-18-35-26-13-4-22(5-14-26)6-17-28(32)25-9-7-23(8-10-25)24-11-15-27(16-12-24)37-30(34)21(2)20-31/h3-17,31H,1-2,18-20H2/b17-6+. The van der Waals surface area contributed by atoms with E-state index in [4.69, 9.17) is 19.3 Å². The number of aliphatic hydroxyl groups is 1. The largest absolute Gasteiger partial charge is 0.490 e. The highest BCUT2D eigenvalue weighted by Crippen LogP contribution is 2.23. The van der Waals surface area contributed by atoms with Gasteiger partial charge in [0.05, 0.1) is 12.2 Å². The van der Waals surface area contributed by atoms with Gasteiger partial charge in [0, 0.05) is 11.6 Å². The van der Waals surface area contributed by atoms with Gasteiger partial charge < -0.3 is 19.3 Å². The second kappa shape index (κ2) is 13.4. The molecule has 0 aliphatic heterocycles. The summed E-state index contributed by atoms with van der Waals surface area (Å²) in [6.45, 7) is 6.65. The second-order valence-corrected chi connectivity index (χ2v) is 7.74. The van der Waals surface area contributed by atoms with Crippen LogP contribution in [-0.4, -0.2) is 42.6 Å². The Kier molecular flexibility index (Phi) is 9.70. The molecular formula is C30H26O7. The third kappa shape index (κ3) is 8.16. The van der Waals surface area contributed by atoms with Gasteiger partial charge in [-0.25, -0.2) is 9.59 Å². The number of carbonyl (C=O) groups is 3. The van der Waals surface area contributed by atoms with E-state index in [1.165, 1.54) is 6.08 Å². The number of hydrogen-bond acceptors (Lipinski definition) is 7. The Morgan fingerprint density at radius 2 is 1.41 bits per heavy atom. The summed E-state index contributed by atoms with van der Waals surface area (Å²) >= 11 is 0. The topological polar surface area (TPSA) is 99.1 Å². The number of ketones is 1. The number of esters is 2. The van der Waals surface area contributed by atoms with Crippen molar-refractivity contribution in [2.45, 2.75) is 0 Å². The maximum atomic E-state index is 12.6. The lowest BCUT2D eigenvalue weighted by atomic mass is 10.0. The van der Waals surface area contributed by atoms with Crippen LogP contribution in [0, 0.1) is 0 Å². The van der Waals surface area contributed by atoms with Crippen LogP contribution in [0.3, 0.4) is 0 Å². The molecule has 0 saturated heterocycles. The molecule has 0 radical (unpaired) electrons. The summed E-state index contributed by atoms with van der Waals surface area (Å²) in [4.78, 5) is 35.3. The van der Waals surface area contributed by atoms with Crippen LogP contribution in [0.2, 0.25) is 0 Å². The Labute approximate surface area is 214 Å². The number of benzene rings is 3. The number of hydrogen-bond donors (Lipinski definition) is 1. The molecule has 0 spiro atoms. The summed E-state index contributed by atoms with van der Waals surface area (Å²) in [6, 6.07) is 21.2. The summed E-state index contributed by atoms with van der Waals surface area (Å²) in [5.41, 5.74) is 3.13. The fourth-order valence-electron chi connectivity index (χ4n) is 3.09. The van der Waals surface area contributed by atoms with Crippen molar-refractivity contribution >= 4 is 23.8 Å². The molecule has 0 aliphatic rings. The first-order chi connectivity index (χ1) is 17.9. The minimum Gasteiger partial charge on any atom is -0.490 e. The Morgan fingerprint density at radius 3 is 2.00 bits per heavy atom. The van der Waals surface area contributed by atoms with Gasteiger partial charge in [0.2, 0.25) is 0 Å². The van der Waals surface area contributed by atoms with Gasteiger partial charge in [-0.1, -0.05) is 67.8 Å². The molecule has 188 valence electrons. The van der Waals surface area contributed by atoms with Crippen molar-refractivity contribution in [3.8, 4) is 22.6 Å². The molecule has 7 heteroatoms. The van der Waals surface area contributed by atoms with Gasteiger partial charge >= 0.3 is 11.9 Å². The zero-order valence-corrected chi connectivity index (χ0v) is 20.1. The van der Waals surface area contributed by atoms with Crippen LogP contribution in [0.4, 0.5) is 0 Å². The number of rotatable bonds is 12. The van der Waals surface area contributed by atoms with Crippen molar-refractivity contribution in [1.82, 2.24) is 0 Å². The highest BCUT2D eigenvalue weighted by molar-refractivity contribution is 6.07. The maximum Gasteiger partial charge on any atom is 0.341 e. The average molecular weight is 499 g/mol. The van der Waals surface area contributed by atoms with E-state index in [0.717, 1.165) is 22.8 Å². The summed E-state index contributed by atoms with van der Waals surface area (Å²) in [7, 11) is 0. The zero-order chi connectivity index (χ0) is 26.6. The van der Waals surface area contributed by atoms with Gasteiger partial charge in [-0.2, -0.15) is 0 Å². The lowest BCUT2D eigenvalue weighted by Crippen LogP contribution is -2.12. The quantitative estimate of drug-likeness (QED) is 0.126. The molecule has 7 nitrogen and oxygen atoms in total. The summed E-state index contributed by atoms with van der Waals surface area (Å²) < 4.78 is 15.5. The molecule has 0 saturated carbocycles. The van der Waals surface area contributed by atoms with Crippen molar-refractivity contribution in [3.63, 3.8) is 0 Å². The van der Waals surface area contributed by atoms with Gasteiger partial charge in [0.15, 0.2) is 5.78 Å². The molecule has 0 fully saturated rings. The highest BCUT2D eigenvalue weighted by atomic mass is 16.6. The van der Waals surface area contributed by atoms with Crippen LogP contribution in [0.25, 0.3) is 17.2 Å². The van der Waals surface area contributed by atoms with Crippen LogP contribution >= 0.6 is 0 Å². The van der Waals surface area contributed by atoms with Gasteiger partial charge in [0.25, 0.3) is 0 Å². The SMILES string of the molecule is C=CC(=O)OCCOc1ccc(/C=C/C(=O)c2ccc(-c3ccc(OC(=O)C(=C)CO)cc3)cc2)cc1. The predicted octanol–water partition coefficient (Wildman–Crippen LogP) is 4.81. The van der Waals surface area contributed by atoms with Crippen LogP contribution in [0.15, 0.2) is 104 Å². The van der Waals surface area contributed by atoms with E-state index in [2.05, 4.69) is 13.2 Å². The monoisotopic (exact) mass is 498 g/mol. The number of carbonyl (C=O) groups excluding carboxylic acids is 3. The minimum absolute atomic E-state index is 0.0230. The molecule has 37 heavy (non-hydrogen) atoms. The van der Waals surface area contributed by atoms with E-state index in [1.54, 1.807) is 54.6 Å². The lowest BCUT2D eigenvalue weighted by molar-refractivity contribution is -0.138. The third-order valence-corrected chi connectivity index (χ3v) is 5.12. The highest BCUT2D eigenvalue weighted by Gasteiger charge is 2.09. The number of allylic oxidation sites excluding steroid dienone is 1. The molecule has 3 aromatic carbocycles. The van der Waals surface area contributed by atoms with E-state index in [9.17, 15) is 14.4 Å². The van der Waals surface area contributed by atoms with E-state index >= 15 is 0 Å². The molecule has 1 N–H and O–H groups in total. The number of ether oxygens (including phenoxy) is 3. The maximum absolute atomic E-state index is 12.6. The van der Waals surface area contributed by atoms with Crippen LogP contribution < -0.4 is 9.47 Å². The molecule has 0 aromatic heterocycles. The van der Waals surface area contributed by atoms with E-state index in [0.29, 0.717) is 17.1 Å². The first kappa shape index (κ1) is 26.8. The van der Waals surface area contributed by atoms with Gasteiger partial charge in [0.1, 0.15) is 24.7 Å². The third-order valence-electron chi connectivity index (χ3n) is 5.12. The Bertz CT molecular complexity index is 1290. The molecule has 0 amide bonds. The van der Waals surface area contributed by atoms with E-state index in [1.807, 2.05) is 24.3 Å². The van der Waals surface area contributed by atoms with Gasteiger partial charge in [-0.15, -0.1) is 0 Å². The molecule has 3 rings (SSSR count). The van der Waals surface area contributed by atoms with Gasteiger partial charge in [-0.3, -0.25) is 4.79 Å². The van der Waals surface area contributed by atoms with Crippen molar-refractivity contribution in [2.24, 2.45) is 0 Å². The predicted molar refractivity (Wildman–Crippen MR) is 140 cm³/mol. The van der Waals surface area contributed by atoms with Crippen molar-refractivity contribution in [2.75, 3.05) is 19.8 Å². The Hall–Kier alpha value is -4.75. The van der Waals surface area contributed by atoms with E-state index < -0.39 is 18.5 Å². The van der Waals surface area contributed by atoms with Crippen LogP contribution in [-0.2, 0) is 14.3 Å². The van der Waals surface area contributed by atoms with Crippen molar-refractivity contribution < 1.29 is 33.7 Å². The van der Waals surface area contributed by atoms with Crippen molar-refractivity contribution in [1.29, 1.82) is 0 Å². The fraction of sp³-hybridized carbons (Fsp3) is 0.100. The Morgan fingerprint density at radius 1 is 0.811 bits per heavy atom. The normalized spacial score (nSPS) is 10.5. The van der Waals surface area contributed by atoms with Crippen LogP contribution in [0.1, 0.15) is 15.9 Å². The van der Waals surface area contributed by atoms with Crippen LogP contribution in [0.5, 0.6) is 11.5 Å². The minimum atomic E-state index is -0.681.